The van der Waals surface area contributed by atoms with Gasteiger partial charge in [0.25, 0.3) is 0 Å². The third-order valence-corrected chi connectivity index (χ3v) is 3.91. The van der Waals surface area contributed by atoms with Crippen LogP contribution in [0.2, 0.25) is 0 Å². The van der Waals surface area contributed by atoms with Gasteiger partial charge in [-0.2, -0.15) is 0 Å². The molecule has 3 rings (SSSR count). The molecule has 0 aromatic heterocycles. The number of nitrogens with one attached hydrogen (secondary N) is 1. The van der Waals surface area contributed by atoms with Gasteiger partial charge >= 0.3 is 0 Å². The van der Waals surface area contributed by atoms with Crippen LogP contribution < -0.4 is 5.32 Å². The van der Waals surface area contributed by atoms with Crippen molar-refractivity contribution in [1.82, 2.24) is 10.2 Å². The van der Waals surface area contributed by atoms with Crippen LogP contribution in [0.15, 0.2) is 66.9 Å². The molecule has 2 aromatic rings. The molecule has 0 amide bonds. The second kappa shape index (κ2) is 7.09. The molecule has 2 heteroatoms. The summed E-state index contributed by atoms with van der Waals surface area (Å²) >= 11 is 0. The second-order valence-electron chi connectivity index (χ2n) is 5.40. The molecule has 2 nitrogen and oxygen atoms in total. The van der Waals surface area contributed by atoms with Crippen LogP contribution in [0.5, 0.6) is 0 Å². The van der Waals surface area contributed by atoms with E-state index < -0.39 is 0 Å². The van der Waals surface area contributed by atoms with Crippen LogP contribution in [-0.2, 0) is 6.42 Å². The lowest BCUT2D eigenvalue weighted by Crippen LogP contribution is -2.40. The first kappa shape index (κ1) is 13.9. The molecular weight excluding hydrogens is 256 g/mol. The Hall–Kier alpha value is -2.06. The highest BCUT2D eigenvalue weighted by Crippen LogP contribution is 2.23. The zero-order valence-electron chi connectivity index (χ0n) is 12.3. The summed E-state index contributed by atoms with van der Waals surface area (Å²) in [5.41, 5.74) is 4.02. The lowest BCUT2D eigenvalue weighted by molar-refractivity contribution is 0.323. The second-order valence-corrected chi connectivity index (χ2v) is 5.40. The summed E-state index contributed by atoms with van der Waals surface area (Å²) in [6.45, 7) is 4.39. The van der Waals surface area contributed by atoms with Crippen molar-refractivity contribution in [2.45, 2.75) is 6.42 Å². The van der Waals surface area contributed by atoms with Gasteiger partial charge in [0.05, 0.1) is 0 Å². The number of benzene rings is 2. The van der Waals surface area contributed by atoms with E-state index in [2.05, 4.69) is 77.1 Å². The van der Waals surface area contributed by atoms with Crippen molar-refractivity contribution >= 4 is 0 Å². The van der Waals surface area contributed by atoms with E-state index in [1.165, 1.54) is 16.7 Å². The number of nitrogens with zero attached hydrogens (tertiary/aromatic N) is 1. The van der Waals surface area contributed by atoms with Crippen molar-refractivity contribution in [3.05, 3.63) is 72.4 Å². The fourth-order valence-electron chi connectivity index (χ4n) is 2.76. The minimum absolute atomic E-state index is 0.981. The van der Waals surface area contributed by atoms with Gasteiger partial charge in [-0.15, -0.1) is 0 Å². The molecule has 1 N–H and O–H groups in total. The molecular formula is C19H22N2. The zero-order chi connectivity index (χ0) is 14.3. The van der Waals surface area contributed by atoms with Crippen LogP contribution >= 0.6 is 0 Å². The number of rotatable bonds is 4. The maximum atomic E-state index is 3.38. The zero-order valence-corrected chi connectivity index (χ0v) is 12.3. The van der Waals surface area contributed by atoms with E-state index in [4.69, 9.17) is 0 Å². The smallest absolute Gasteiger partial charge is 0.0298 e. The van der Waals surface area contributed by atoms with Crippen LogP contribution in [0.4, 0.5) is 0 Å². The number of hydrogen-bond acceptors (Lipinski definition) is 2. The Morgan fingerprint density at radius 1 is 0.905 bits per heavy atom. The first-order valence-electron chi connectivity index (χ1n) is 7.68. The first-order valence-corrected chi connectivity index (χ1v) is 7.68. The van der Waals surface area contributed by atoms with Crippen LogP contribution in [0, 0.1) is 0 Å². The molecule has 21 heavy (non-hydrogen) atoms. The van der Waals surface area contributed by atoms with Crippen molar-refractivity contribution in [3.8, 4) is 11.1 Å². The van der Waals surface area contributed by atoms with E-state index in [0.29, 0.717) is 0 Å². The van der Waals surface area contributed by atoms with E-state index in [9.17, 15) is 0 Å². The molecule has 1 saturated heterocycles. The van der Waals surface area contributed by atoms with Crippen molar-refractivity contribution in [1.29, 1.82) is 0 Å². The normalized spacial score (nSPS) is 15.5. The van der Waals surface area contributed by atoms with Gasteiger partial charge in [-0.05, 0) is 29.3 Å². The average molecular weight is 278 g/mol. The Balaban J connectivity index is 1.72. The Bertz CT molecular complexity index is 584. The molecule has 0 radical (unpaired) electrons. The first-order chi connectivity index (χ1) is 10.4. The molecule has 2 aromatic carbocycles. The molecule has 0 unspecified atom stereocenters. The molecule has 1 heterocycles. The van der Waals surface area contributed by atoms with Crippen molar-refractivity contribution in [2.75, 3.05) is 26.2 Å². The average Bonchev–Trinajstić information content (AvgIpc) is 2.57. The van der Waals surface area contributed by atoms with Crippen LogP contribution in [-0.4, -0.2) is 31.1 Å². The topological polar surface area (TPSA) is 15.3 Å². The van der Waals surface area contributed by atoms with Crippen molar-refractivity contribution < 1.29 is 0 Å². The molecule has 0 aliphatic carbocycles. The van der Waals surface area contributed by atoms with Crippen LogP contribution in [0.3, 0.4) is 0 Å². The SMILES string of the molecule is C(=CN1CCNCC1)Cc1ccccc1-c1ccccc1. The lowest BCUT2D eigenvalue weighted by Gasteiger charge is -2.25. The van der Waals surface area contributed by atoms with Gasteiger partial charge in [-0.1, -0.05) is 60.7 Å². The Kier molecular flexibility index (Phi) is 4.70. The monoisotopic (exact) mass is 278 g/mol. The summed E-state index contributed by atoms with van der Waals surface area (Å²) in [6.07, 6.45) is 5.52. The van der Waals surface area contributed by atoms with Gasteiger partial charge in [-0.3, -0.25) is 0 Å². The molecule has 1 aliphatic heterocycles. The third kappa shape index (κ3) is 3.73. The summed E-state index contributed by atoms with van der Waals surface area (Å²) in [5.74, 6) is 0. The van der Waals surface area contributed by atoms with Crippen molar-refractivity contribution in [3.63, 3.8) is 0 Å². The molecule has 1 fully saturated rings. The van der Waals surface area contributed by atoms with Gasteiger partial charge in [0.2, 0.25) is 0 Å². The Morgan fingerprint density at radius 2 is 1.62 bits per heavy atom. The molecule has 1 aliphatic rings. The summed E-state index contributed by atoms with van der Waals surface area (Å²) in [7, 11) is 0. The van der Waals surface area contributed by atoms with Gasteiger partial charge < -0.3 is 10.2 Å². The van der Waals surface area contributed by atoms with Gasteiger partial charge in [0.1, 0.15) is 0 Å². The summed E-state index contributed by atoms with van der Waals surface area (Å²) < 4.78 is 0. The highest BCUT2D eigenvalue weighted by Gasteiger charge is 2.05. The molecule has 0 saturated carbocycles. The molecule has 0 spiro atoms. The third-order valence-electron chi connectivity index (χ3n) is 3.91. The summed E-state index contributed by atoms with van der Waals surface area (Å²) in [5, 5.41) is 3.38. The van der Waals surface area contributed by atoms with E-state index in [0.717, 1.165) is 32.6 Å². The molecule has 0 atom stereocenters. The predicted molar refractivity (Wildman–Crippen MR) is 89.2 cm³/mol. The summed E-state index contributed by atoms with van der Waals surface area (Å²) in [4.78, 5) is 2.39. The number of piperazine rings is 1. The maximum absolute atomic E-state index is 3.38. The minimum Gasteiger partial charge on any atom is -0.375 e. The van der Waals surface area contributed by atoms with E-state index in [1.807, 2.05) is 0 Å². The van der Waals surface area contributed by atoms with E-state index in [-0.39, 0.29) is 0 Å². The fourth-order valence-corrected chi connectivity index (χ4v) is 2.76. The maximum Gasteiger partial charge on any atom is 0.0298 e. The quantitative estimate of drug-likeness (QED) is 0.923. The highest BCUT2D eigenvalue weighted by atomic mass is 15.2. The van der Waals surface area contributed by atoms with Gasteiger partial charge in [0, 0.05) is 26.2 Å². The van der Waals surface area contributed by atoms with E-state index in [1.54, 1.807) is 0 Å². The Labute approximate surface area is 127 Å². The largest absolute Gasteiger partial charge is 0.375 e. The van der Waals surface area contributed by atoms with Crippen LogP contribution in [0.25, 0.3) is 11.1 Å². The molecule has 108 valence electrons. The number of allylic oxidation sites excluding steroid dienone is 1. The van der Waals surface area contributed by atoms with Gasteiger partial charge in [-0.25, -0.2) is 0 Å². The Morgan fingerprint density at radius 3 is 2.43 bits per heavy atom. The van der Waals surface area contributed by atoms with Crippen LogP contribution in [0.1, 0.15) is 5.56 Å². The predicted octanol–water partition coefficient (Wildman–Crippen LogP) is 3.32. The minimum atomic E-state index is 0.981. The summed E-state index contributed by atoms with van der Waals surface area (Å²) in [6, 6.07) is 19.3. The lowest BCUT2D eigenvalue weighted by atomic mass is 9.98. The fraction of sp³-hybridized carbons (Fsp3) is 0.263. The van der Waals surface area contributed by atoms with Crippen molar-refractivity contribution in [2.24, 2.45) is 0 Å². The standard InChI is InChI=1S/C19H22N2/c1-2-7-17(8-3-1)19-11-5-4-9-18(19)10-6-14-21-15-12-20-13-16-21/h1-9,11,14,20H,10,12-13,15-16H2. The van der Waals surface area contributed by atoms with Gasteiger partial charge in [0.15, 0.2) is 0 Å². The highest BCUT2D eigenvalue weighted by molar-refractivity contribution is 5.67. The number of hydrogen-bond donors (Lipinski definition) is 1. The van der Waals surface area contributed by atoms with E-state index >= 15 is 0 Å². The molecule has 0 bridgehead atoms.